The number of ether oxygens (including phenoxy) is 2. The number of methoxy groups -OCH3 is 1. The number of aromatic nitrogens is 2. The second-order valence-corrected chi connectivity index (χ2v) is 8.36. The minimum absolute atomic E-state index is 0.0117. The number of rotatable bonds is 7. The molecule has 0 aliphatic carbocycles. The van der Waals surface area contributed by atoms with E-state index in [-0.39, 0.29) is 40.8 Å². The van der Waals surface area contributed by atoms with E-state index in [0.29, 0.717) is 24.0 Å². The first-order chi connectivity index (χ1) is 16.2. The summed E-state index contributed by atoms with van der Waals surface area (Å²) in [7, 11) is 3.01. The minimum atomic E-state index is -1.39. The van der Waals surface area contributed by atoms with Gasteiger partial charge in [0.25, 0.3) is 11.5 Å². The minimum Gasteiger partial charge on any atom is -0.505 e. The second kappa shape index (κ2) is 9.03. The van der Waals surface area contributed by atoms with Crippen LogP contribution in [0.25, 0.3) is 11.0 Å². The predicted molar refractivity (Wildman–Crippen MR) is 123 cm³/mol. The second-order valence-electron chi connectivity index (χ2n) is 8.36. The number of benzene rings is 1. The molecule has 3 aromatic rings. The number of carbonyl (C=O) groups excluding carboxylic acids is 1. The van der Waals surface area contributed by atoms with E-state index >= 15 is 0 Å². The summed E-state index contributed by atoms with van der Waals surface area (Å²) in [5, 5.41) is 16.6. The van der Waals surface area contributed by atoms with Crippen LogP contribution in [-0.2, 0) is 22.5 Å². The van der Waals surface area contributed by atoms with Crippen LogP contribution < -0.4 is 20.9 Å². The van der Waals surface area contributed by atoms with Gasteiger partial charge in [-0.05, 0) is 38.6 Å². The van der Waals surface area contributed by atoms with Gasteiger partial charge in [-0.15, -0.1) is 0 Å². The highest BCUT2D eigenvalue weighted by molar-refractivity contribution is 5.92. The van der Waals surface area contributed by atoms with Crippen molar-refractivity contribution >= 4 is 16.9 Å². The molecular weight excluding hydrogens is 443 g/mol. The van der Waals surface area contributed by atoms with Gasteiger partial charge in [-0.25, -0.2) is 4.39 Å². The number of likely N-dealkylation sites (N-methyl/N-ethyl adjacent to an activating group) is 1. The normalized spacial score (nSPS) is 17.9. The first-order valence-electron chi connectivity index (χ1n) is 10.9. The van der Waals surface area contributed by atoms with Crippen LogP contribution in [0, 0.1) is 5.82 Å². The third-order valence-electron chi connectivity index (χ3n) is 5.98. The van der Waals surface area contributed by atoms with Gasteiger partial charge < -0.3 is 19.9 Å². The Hall–Kier alpha value is -3.50. The Morgan fingerprint density at radius 1 is 1.38 bits per heavy atom. The fourth-order valence-electron chi connectivity index (χ4n) is 4.28. The molecule has 1 aliphatic heterocycles. The lowest BCUT2D eigenvalue weighted by molar-refractivity contribution is -0.137. The van der Waals surface area contributed by atoms with Gasteiger partial charge in [-0.1, -0.05) is 12.1 Å². The maximum Gasteiger partial charge on any atom is 0.265 e. The molecule has 1 aromatic carbocycles. The molecular formula is C24H27FN4O5. The van der Waals surface area contributed by atoms with E-state index in [9.17, 15) is 19.1 Å². The number of aromatic hydroxyl groups is 1. The van der Waals surface area contributed by atoms with Crippen LogP contribution >= 0.6 is 0 Å². The topological polar surface area (TPSA) is 115 Å². The number of halogens is 1. The molecule has 3 heterocycles. The van der Waals surface area contributed by atoms with Gasteiger partial charge in [0, 0.05) is 31.8 Å². The van der Waals surface area contributed by atoms with E-state index in [1.807, 2.05) is 0 Å². The Balaban J connectivity index is 1.98. The van der Waals surface area contributed by atoms with Crippen LogP contribution in [0.4, 0.5) is 4.39 Å². The van der Waals surface area contributed by atoms with Gasteiger partial charge >= 0.3 is 0 Å². The Morgan fingerprint density at radius 2 is 2.09 bits per heavy atom. The van der Waals surface area contributed by atoms with Crippen LogP contribution in [0.2, 0.25) is 0 Å². The molecule has 0 saturated carbocycles. The molecule has 1 amide bonds. The molecule has 0 fully saturated rings. The highest BCUT2D eigenvalue weighted by Gasteiger charge is 2.43. The molecule has 1 aliphatic rings. The number of hydrogen-bond donors (Lipinski definition) is 3. The largest absolute Gasteiger partial charge is 0.505 e. The first-order valence-corrected chi connectivity index (χ1v) is 10.9. The van der Waals surface area contributed by atoms with Gasteiger partial charge in [0.1, 0.15) is 28.6 Å². The van der Waals surface area contributed by atoms with Crippen molar-refractivity contribution in [2.24, 2.45) is 0 Å². The average Bonchev–Trinajstić information content (AvgIpc) is 2.82. The maximum absolute atomic E-state index is 13.6. The zero-order valence-electron chi connectivity index (χ0n) is 19.4. The molecule has 9 nitrogen and oxygen atoms in total. The van der Waals surface area contributed by atoms with E-state index in [1.165, 1.54) is 30.0 Å². The predicted octanol–water partition coefficient (Wildman–Crippen LogP) is 1.98. The fraction of sp³-hybridized carbons (Fsp3) is 0.375. The first kappa shape index (κ1) is 23.7. The smallest absolute Gasteiger partial charge is 0.265 e. The van der Waals surface area contributed by atoms with Crippen LogP contribution in [0.1, 0.15) is 36.8 Å². The Bertz CT molecular complexity index is 1300. The van der Waals surface area contributed by atoms with Crippen molar-refractivity contribution in [1.29, 1.82) is 0 Å². The molecule has 180 valence electrons. The Kier molecular flexibility index (Phi) is 6.28. The number of nitrogens with zero attached hydrogens (tertiary/aromatic N) is 2. The van der Waals surface area contributed by atoms with Gasteiger partial charge in [-0.2, -0.15) is 0 Å². The highest BCUT2D eigenvalue weighted by Crippen LogP contribution is 2.41. The van der Waals surface area contributed by atoms with Gasteiger partial charge in [-0.3, -0.25) is 24.5 Å². The molecule has 4 rings (SSSR count). The molecule has 0 spiro atoms. The number of carbonyl (C=O) groups is 1. The number of hydrogen-bond acceptors (Lipinski definition) is 7. The molecule has 34 heavy (non-hydrogen) atoms. The van der Waals surface area contributed by atoms with Crippen LogP contribution in [0.5, 0.6) is 11.5 Å². The van der Waals surface area contributed by atoms with E-state index in [1.54, 1.807) is 33.0 Å². The zero-order valence-corrected chi connectivity index (χ0v) is 19.4. The summed E-state index contributed by atoms with van der Waals surface area (Å²) >= 11 is 0. The molecule has 0 radical (unpaired) electrons. The van der Waals surface area contributed by atoms with E-state index in [0.717, 1.165) is 5.56 Å². The van der Waals surface area contributed by atoms with Gasteiger partial charge in [0.15, 0.2) is 11.5 Å². The third-order valence-corrected chi connectivity index (χ3v) is 5.98. The van der Waals surface area contributed by atoms with Gasteiger partial charge in [0.05, 0.1) is 6.54 Å². The number of amides is 1. The van der Waals surface area contributed by atoms with E-state index in [4.69, 9.17) is 9.47 Å². The Labute approximate surface area is 195 Å². The highest BCUT2D eigenvalue weighted by atomic mass is 19.1. The lowest BCUT2D eigenvalue weighted by Gasteiger charge is -2.36. The van der Waals surface area contributed by atoms with Crippen molar-refractivity contribution < 1.29 is 23.8 Å². The van der Waals surface area contributed by atoms with Crippen LogP contribution in [-0.4, -0.2) is 46.9 Å². The summed E-state index contributed by atoms with van der Waals surface area (Å²) in [4.78, 5) is 31.0. The number of nitrogens with one attached hydrogen (secondary N) is 2. The van der Waals surface area contributed by atoms with Crippen molar-refractivity contribution in [2.75, 3.05) is 20.7 Å². The summed E-state index contributed by atoms with van der Waals surface area (Å²) in [6, 6.07) is 5.99. The van der Waals surface area contributed by atoms with Crippen molar-refractivity contribution in [2.45, 2.75) is 38.6 Å². The Morgan fingerprint density at radius 3 is 2.71 bits per heavy atom. The van der Waals surface area contributed by atoms with E-state index in [2.05, 4.69) is 15.6 Å². The summed E-state index contributed by atoms with van der Waals surface area (Å²) in [5.74, 6) is -0.786. The van der Waals surface area contributed by atoms with Crippen molar-refractivity contribution in [3.8, 4) is 11.5 Å². The number of pyridine rings is 2. The maximum atomic E-state index is 13.6. The molecule has 0 saturated heterocycles. The fourth-order valence-corrected chi connectivity index (χ4v) is 4.28. The van der Waals surface area contributed by atoms with Crippen molar-refractivity contribution in [3.63, 3.8) is 0 Å². The van der Waals surface area contributed by atoms with Crippen molar-refractivity contribution in [3.05, 3.63) is 63.3 Å². The summed E-state index contributed by atoms with van der Waals surface area (Å²) in [6.45, 7) is 3.71. The van der Waals surface area contributed by atoms with Gasteiger partial charge in [0.2, 0.25) is 5.60 Å². The molecule has 10 heteroatoms. The molecule has 2 aromatic heterocycles. The SMILES string of the molecule is CCNC(=O)C1(C)Cn2c(=O)c(C(NC)OC)c(O)c3ncc(Cc4ccc(F)cc4)c(c32)O1. The van der Waals surface area contributed by atoms with Crippen LogP contribution in [0.15, 0.2) is 35.3 Å². The zero-order chi connectivity index (χ0) is 24.6. The quantitative estimate of drug-likeness (QED) is 0.453. The molecule has 0 bridgehead atoms. The molecule has 2 atom stereocenters. The third kappa shape index (κ3) is 3.88. The molecule has 2 unspecified atom stereocenters. The summed E-state index contributed by atoms with van der Waals surface area (Å²) < 4.78 is 26.4. The molecule has 3 N–H and O–H groups in total. The van der Waals surface area contributed by atoms with Crippen molar-refractivity contribution in [1.82, 2.24) is 20.2 Å². The van der Waals surface area contributed by atoms with E-state index < -0.39 is 17.4 Å². The summed E-state index contributed by atoms with van der Waals surface area (Å²) in [6.07, 6.45) is 0.963. The summed E-state index contributed by atoms with van der Waals surface area (Å²) in [5.41, 5.74) is -0.103. The van der Waals surface area contributed by atoms with Crippen LogP contribution in [0.3, 0.4) is 0 Å². The standard InChI is InChI=1S/C24H27FN4O5/c1-5-27-23(32)24(2)12-29-18-17(19(30)16(22(29)31)21(26-3)33-4)28-11-14(20(18)34-24)10-13-6-8-15(25)9-7-13/h6-9,11,21,26,30H,5,10,12H2,1-4H3,(H,27,32). The monoisotopic (exact) mass is 470 g/mol. The lowest BCUT2D eigenvalue weighted by Crippen LogP contribution is -2.55. The average molecular weight is 471 g/mol. The lowest BCUT2D eigenvalue weighted by atomic mass is 9.98.